The van der Waals surface area contributed by atoms with Crippen LogP contribution in [-0.2, 0) is 19.3 Å². The topological polar surface area (TPSA) is 12.0 Å². The van der Waals surface area contributed by atoms with Gasteiger partial charge in [0.25, 0.3) is 0 Å². The van der Waals surface area contributed by atoms with Gasteiger partial charge < -0.3 is 5.32 Å². The first-order chi connectivity index (χ1) is 11.7. The number of benzene rings is 2. The second kappa shape index (κ2) is 8.18. The fraction of sp³-hybridized carbons (Fsp3) is 0.455. The Hall–Kier alpha value is -1.31. The summed E-state index contributed by atoms with van der Waals surface area (Å²) < 4.78 is 0. The molecule has 0 bridgehead atoms. The molecule has 2 heteroatoms. The lowest BCUT2D eigenvalue weighted by Gasteiger charge is -2.33. The Morgan fingerprint density at radius 3 is 2.25 bits per heavy atom. The van der Waals surface area contributed by atoms with E-state index in [1.165, 1.54) is 24.8 Å². The Balaban J connectivity index is 1.56. The van der Waals surface area contributed by atoms with Gasteiger partial charge in [0.15, 0.2) is 0 Å². The van der Waals surface area contributed by atoms with Gasteiger partial charge >= 0.3 is 0 Å². The number of hydrogen-bond donors (Lipinski definition) is 1. The summed E-state index contributed by atoms with van der Waals surface area (Å²) in [5.41, 5.74) is 4.47. The summed E-state index contributed by atoms with van der Waals surface area (Å²) in [6, 6.07) is 17.7. The Kier molecular flexibility index (Phi) is 5.97. The van der Waals surface area contributed by atoms with Crippen molar-refractivity contribution in [3.05, 3.63) is 70.2 Å². The molecular weight excluding hydrogens is 314 g/mol. The summed E-state index contributed by atoms with van der Waals surface area (Å²) >= 11 is 5.97. The van der Waals surface area contributed by atoms with E-state index in [0.29, 0.717) is 6.04 Å². The zero-order valence-corrected chi connectivity index (χ0v) is 15.5. The summed E-state index contributed by atoms with van der Waals surface area (Å²) in [6.45, 7) is 5.73. The molecule has 1 nitrogen and oxygen atoms in total. The van der Waals surface area contributed by atoms with Crippen molar-refractivity contribution in [2.45, 2.75) is 45.6 Å². The fourth-order valence-corrected chi connectivity index (χ4v) is 4.10. The third-order valence-corrected chi connectivity index (χ3v) is 5.71. The molecule has 0 spiro atoms. The number of hydrogen-bond acceptors (Lipinski definition) is 1. The van der Waals surface area contributed by atoms with Crippen LogP contribution < -0.4 is 5.32 Å². The molecule has 0 fully saturated rings. The molecule has 0 saturated heterocycles. The Bertz CT molecular complexity index is 649. The van der Waals surface area contributed by atoms with Crippen LogP contribution >= 0.6 is 11.6 Å². The van der Waals surface area contributed by atoms with Gasteiger partial charge in [-0.15, -0.1) is 0 Å². The molecule has 0 radical (unpaired) electrons. The normalized spacial score (nSPS) is 21.3. The highest BCUT2D eigenvalue weighted by molar-refractivity contribution is 6.30. The highest BCUT2D eigenvalue weighted by atomic mass is 35.5. The monoisotopic (exact) mass is 341 g/mol. The van der Waals surface area contributed by atoms with E-state index in [-0.39, 0.29) is 0 Å². The first-order valence-corrected chi connectivity index (χ1v) is 9.58. The molecule has 0 heterocycles. The van der Waals surface area contributed by atoms with Crippen molar-refractivity contribution in [3.63, 3.8) is 0 Å². The predicted molar refractivity (Wildman–Crippen MR) is 104 cm³/mol. The predicted octanol–water partition coefficient (Wildman–Crippen LogP) is 5.30. The van der Waals surface area contributed by atoms with Gasteiger partial charge in [0, 0.05) is 11.1 Å². The minimum absolute atomic E-state index is 0.487. The van der Waals surface area contributed by atoms with Crippen LogP contribution in [0, 0.1) is 11.8 Å². The van der Waals surface area contributed by atoms with Crippen molar-refractivity contribution in [2.75, 3.05) is 6.54 Å². The summed E-state index contributed by atoms with van der Waals surface area (Å²) in [5.74, 6) is 1.55. The van der Waals surface area contributed by atoms with Crippen LogP contribution in [0.1, 0.15) is 37.0 Å². The molecule has 1 aliphatic rings. The van der Waals surface area contributed by atoms with Gasteiger partial charge in [-0.1, -0.05) is 61.3 Å². The van der Waals surface area contributed by atoms with Gasteiger partial charge in [-0.25, -0.2) is 0 Å². The quantitative estimate of drug-likeness (QED) is 0.751. The molecule has 2 aromatic carbocycles. The van der Waals surface area contributed by atoms with E-state index in [0.717, 1.165) is 29.8 Å². The summed E-state index contributed by atoms with van der Waals surface area (Å²) in [4.78, 5) is 0. The first kappa shape index (κ1) is 17.5. The highest BCUT2D eigenvalue weighted by Crippen LogP contribution is 2.31. The number of fused-ring (bicyclic) bond motifs is 1. The smallest absolute Gasteiger partial charge is 0.0406 e. The largest absolute Gasteiger partial charge is 0.314 e. The van der Waals surface area contributed by atoms with E-state index >= 15 is 0 Å². The standard InChI is InChI=1S/C22H28ClN/c1-3-18-13-19-6-4-5-7-20(19)14-21(18)15-24-16(2)12-17-8-10-22(23)11-9-17/h4-11,16,18,21,24H,3,12-15H2,1-2H3/t16-,18?,21?/m0/s1. The SMILES string of the molecule is CCC1Cc2ccccc2CC1CN[C@@H](C)Cc1ccc(Cl)cc1. The molecule has 2 unspecified atom stereocenters. The van der Waals surface area contributed by atoms with Gasteiger partial charge in [0.1, 0.15) is 0 Å². The van der Waals surface area contributed by atoms with Crippen LogP contribution in [0.2, 0.25) is 5.02 Å². The third-order valence-electron chi connectivity index (χ3n) is 5.46. The molecule has 3 rings (SSSR count). The maximum atomic E-state index is 5.97. The molecule has 0 amide bonds. The maximum absolute atomic E-state index is 5.97. The van der Waals surface area contributed by atoms with Crippen LogP contribution in [0.5, 0.6) is 0 Å². The minimum atomic E-state index is 0.487. The zero-order valence-electron chi connectivity index (χ0n) is 14.8. The summed E-state index contributed by atoms with van der Waals surface area (Å²) in [5, 5.41) is 4.59. The lowest BCUT2D eigenvalue weighted by Crippen LogP contribution is -2.38. The Labute approximate surface area is 151 Å². The minimum Gasteiger partial charge on any atom is -0.314 e. The molecule has 1 N–H and O–H groups in total. The molecule has 0 aromatic heterocycles. The van der Waals surface area contributed by atoms with E-state index in [1.807, 2.05) is 12.1 Å². The van der Waals surface area contributed by atoms with Crippen molar-refractivity contribution in [1.82, 2.24) is 5.32 Å². The lowest BCUT2D eigenvalue weighted by molar-refractivity contribution is 0.279. The average molecular weight is 342 g/mol. The van der Waals surface area contributed by atoms with Crippen molar-refractivity contribution < 1.29 is 0 Å². The molecule has 2 aromatic rings. The van der Waals surface area contributed by atoms with Crippen LogP contribution in [0.15, 0.2) is 48.5 Å². The maximum Gasteiger partial charge on any atom is 0.0406 e. The summed E-state index contributed by atoms with van der Waals surface area (Å²) in [6.07, 6.45) is 4.78. The van der Waals surface area contributed by atoms with E-state index in [4.69, 9.17) is 11.6 Å². The van der Waals surface area contributed by atoms with Gasteiger partial charge in [-0.05, 0) is 73.4 Å². The van der Waals surface area contributed by atoms with Crippen molar-refractivity contribution in [3.8, 4) is 0 Å². The Morgan fingerprint density at radius 1 is 1.00 bits per heavy atom. The third kappa shape index (κ3) is 4.40. The second-order valence-electron chi connectivity index (χ2n) is 7.25. The molecule has 3 atom stereocenters. The molecular formula is C22H28ClN. The molecule has 0 aliphatic heterocycles. The number of halogens is 1. The average Bonchev–Trinajstić information content (AvgIpc) is 2.61. The lowest BCUT2D eigenvalue weighted by atomic mass is 9.74. The molecule has 128 valence electrons. The van der Waals surface area contributed by atoms with Gasteiger partial charge in [-0.3, -0.25) is 0 Å². The van der Waals surface area contributed by atoms with Gasteiger partial charge in [0.05, 0.1) is 0 Å². The van der Waals surface area contributed by atoms with Gasteiger partial charge in [0.2, 0.25) is 0 Å². The van der Waals surface area contributed by atoms with E-state index in [1.54, 1.807) is 11.1 Å². The van der Waals surface area contributed by atoms with E-state index in [2.05, 4.69) is 55.6 Å². The van der Waals surface area contributed by atoms with E-state index < -0.39 is 0 Å². The molecule has 1 aliphatic carbocycles. The number of nitrogens with one attached hydrogen (secondary N) is 1. The van der Waals surface area contributed by atoms with Crippen molar-refractivity contribution in [1.29, 1.82) is 0 Å². The highest BCUT2D eigenvalue weighted by Gasteiger charge is 2.27. The van der Waals surface area contributed by atoms with Gasteiger partial charge in [-0.2, -0.15) is 0 Å². The van der Waals surface area contributed by atoms with Crippen LogP contribution in [0.3, 0.4) is 0 Å². The number of rotatable bonds is 6. The van der Waals surface area contributed by atoms with Crippen LogP contribution in [0.25, 0.3) is 0 Å². The molecule has 24 heavy (non-hydrogen) atoms. The van der Waals surface area contributed by atoms with Crippen molar-refractivity contribution >= 4 is 11.6 Å². The van der Waals surface area contributed by atoms with E-state index in [9.17, 15) is 0 Å². The fourth-order valence-electron chi connectivity index (χ4n) is 3.97. The second-order valence-corrected chi connectivity index (χ2v) is 7.68. The van der Waals surface area contributed by atoms with Crippen LogP contribution in [-0.4, -0.2) is 12.6 Å². The molecule has 0 saturated carbocycles. The van der Waals surface area contributed by atoms with Crippen molar-refractivity contribution in [2.24, 2.45) is 11.8 Å². The Morgan fingerprint density at radius 2 is 1.62 bits per heavy atom. The zero-order chi connectivity index (χ0) is 16.9. The first-order valence-electron chi connectivity index (χ1n) is 9.20. The summed E-state index contributed by atoms with van der Waals surface area (Å²) in [7, 11) is 0. The van der Waals surface area contributed by atoms with Crippen LogP contribution in [0.4, 0.5) is 0 Å².